The van der Waals surface area contributed by atoms with Crippen LogP contribution in [-0.4, -0.2) is 31.1 Å². The zero-order valence-electron chi connectivity index (χ0n) is 14.2. The molecule has 132 valence electrons. The Morgan fingerprint density at radius 3 is 2.35 bits per heavy atom. The molecule has 2 aromatic rings. The molecule has 3 rings (SSSR count). The standard InChI is InChI=1S/C19H16N2O4S/c1-24-15-9-8-12(11-16(15)25-2)10-14-17(22)20-19(26)21(18(14)23)13-6-4-3-5-7-13/h3-11H,1-2H3,(H,20,22,26)/b14-10+. The number of nitrogens with one attached hydrogen (secondary N) is 1. The topological polar surface area (TPSA) is 67.9 Å². The second kappa shape index (κ2) is 7.37. The summed E-state index contributed by atoms with van der Waals surface area (Å²) in [5.74, 6) is 0.0313. The fourth-order valence-electron chi connectivity index (χ4n) is 2.58. The van der Waals surface area contributed by atoms with Gasteiger partial charge in [0.25, 0.3) is 11.8 Å². The van der Waals surface area contributed by atoms with Crippen molar-refractivity contribution < 1.29 is 19.1 Å². The second-order valence-corrected chi connectivity index (χ2v) is 5.79. The third-order valence-electron chi connectivity index (χ3n) is 3.83. The Balaban J connectivity index is 2.01. The number of rotatable bonds is 4. The molecule has 1 saturated heterocycles. The Labute approximate surface area is 156 Å². The number of anilines is 1. The first-order valence-corrected chi connectivity index (χ1v) is 8.14. The van der Waals surface area contributed by atoms with Gasteiger partial charge in [-0.1, -0.05) is 24.3 Å². The van der Waals surface area contributed by atoms with E-state index in [1.165, 1.54) is 25.2 Å². The molecule has 1 aliphatic rings. The van der Waals surface area contributed by atoms with Gasteiger partial charge in [0, 0.05) is 0 Å². The third kappa shape index (κ3) is 3.29. The zero-order valence-corrected chi connectivity index (χ0v) is 15.0. The fourth-order valence-corrected chi connectivity index (χ4v) is 2.86. The van der Waals surface area contributed by atoms with Gasteiger partial charge in [0.15, 0.2) is 16.6 Å². The van der Waals surface area contributed by atoms with Crippen LogP contribution in [0.25, 0.3) is 6.08 Å². The van der Waals surface area contributed by atoms with Gasteiger partial charge in [-0.05, 0) is 48.1 Å². The largest absolute Gasteiger partial charge is 0.493 e. The lowest BCUT2D eigenvalue weighted by Crippen LogP contribution is -2.54. The lowest BCUT2D eigenvalue weighted by molar-refractivity contribution is -0.122. The van der Waals surface area contributed by atoms with Crippen molar-refractivity contribution in [2.24, 2.45) is 0 Å². The van der Waals surface area contributed by atoms with Crippen LogP contribution in [-0.2, 0) is 9.59 Å². The first-order valence-electron chi connectivity index (χ1n) is 7.73. The first-order chi connectivity index (χ1) is 12.5. The Kier molecular flexibility index (Phi) is 4.99. The van der Waals surface area contributed by atoms with Crippen molar-refractivity contribution in [3.8, 4) is 11.5 Å². The summed E-state index contributed by atoms with van der Waals surface area (Å²) in [7, 11) is 3.05. The molecule has 0 atom stereocenters. The van der Waals surface area contributed by atoms with Gasteiger partial charge in [0.1, 0.15) is 5.57 Å². The van der Waals surface area contributed by atoms with E-state index >= 15 is 0 Å². The first kappa shape index (κ1) is 17.6. The number of carbonyl (C=O) groups excluding carboxylic acids is 2. The van der Waals surface area contributed by atoms with Gasteiger partial charge in [-0.15, -0.1) is 0 Å². The number of hydrogen-bond donors (Lipinski definition) is 1. The smallest absolute Gasteiger partial charge is 0.270 e. The number of amides is 2. The van der Waals surface area contributed by atoms with Crippen molar-refractivity contribution >= 4 is 40.9 Å². The van der Waals surface area contributed by atoms with Crippen LogP contribution in [0.4, 0.5) is 5.69 Å². The van der Waals surface area contributed by atoms with E-state index in [1.54, 1.807) is 42.5 Å². The van der Waals surface area contributed by atoms with Crippen LogP contribution in [0.1, 0.15) is 5.56 Å². The molecule has 2 aromatic carbocycles. The van der Waals surface area contributed by atoms with Gasteiger partial charge in [-0.25, -0.2) is 0 Å². The number of hydrogen-bond acceptors (Lipinski definition) is 5. The molecule has 1 N–H and O–H groups in total. The monoisotopic (exact) mass is 368 g/mol. The molecule has 0 spiro atoms. The molecule has 0 bridgehead atoms. The van der Waals surface area contributed by atoms with Gasteiger partial charge in [-0.3, -0.25) is 19.8 Å². The number of benzene rings is 2. The lowest BCUT2D eigenvalue weighted by atomic mass is 10.1. The maximum atomic E-state index is 12.9. The third-order valence-corrected chi connectivity index (χ3v) is 4.12. The van der Waals surface area contributed by atoms with Gasteiger partial charge in [-0.2, -0.15) is 0 Å². The Hall–Kier alpha value is -3.19. The predicted molar refractivity (Wildman–Crippen MR) is 102 cm³/mol. The van der Waals surface area contributed by atoms with Crippen LogP contribution >= 0.6 is 12.2 Å². The maximum absolute atomic E-state index is 12.9. The molecule has 0 saturated carbocycles. The molecule has 0 radical (unpaired) electrons. The van der Waals surface area contributed by atoms with Crippen LogP contribution in [0, 0.1) is 0 Å². The van der Waals surface area contributed by atoms with Gasteiger partial charge < -0.3 is 9.47 Å². The average Bonchev–Trinajstić information content (AvgIpc) is 2.65. The van der Waals surface area contributed by atoms with E-state index < -0.39 is 11.8 Å². The Bertz CT molecular complexity index is 909. The number of nitrogens with zero attached hydrogens (tertiary/aromatic N) is 1. The van der Waals surface area contributed by atoms with Crippen molar-refractivity contribution in [2.45, 2.75) is 0 Å². The molecule has 26 heavy (non-hydrogen) atoms. The molecule has 1 fully saturated rings. The lowest BCUT2D eigenvalue weighted by Gasteiger charge is -2.28. The maximum Gasteiger partial charge on any atom is 0.270 e. The van der Waals surface area contributed by atoms with E-state index in [4.69, 9.17) is 21.7 Å². The molecule has 0 unspecified atom stereocenters. The quantitative estimate of drug-likeness (QED) is 0.510. The molecule has 1 heterocycles. The summed E-state index contributed by atoms with van der Waals surface area (Å²) >= 11 is 5.16. The molecule has 1 aliphatic heterocycles. The highest BCUT2D eigenvalue weighted by molar-refractivity contribution is 7.80. The van der Waals surface area contributed by atoms with Crippen LogP contribution < -0.4 is 19.7 Å². The summed E-state index contributed by atoms with van der Waals surface area (Å²) in [6.45, 7) is 0. The Morgan fingerprint density at radius 2 is 1.69 bits per heavy atom. The summed E-state index contributed by atoms with van der Waals surface area (Å²) in [6.07, 6.45) is 1.50. The van der Waals surface area contributed by atoms with Crippen molar-refractivity contribution in [3.05, 3.63) is 59.7 Å². The zero-order chi connectivity index (χ0) is 18.7. The Morgan fingerprint density at radius 1 is 1.00 bits per heavy atom. The van der Waals surface area contributed by atoms with E-state index in [9.17, 15) is 9.59 Å². The molecule has 2 amide bonds. The highest BCUT2D eigenvalue weighted by Gasteiger charge is 2.34. The van der Waals surface area contributed by atoms with E-state index in [2.05, 4.69) is 5.32 Å². The van der Waals surface area contributed by atoms with Crippen LogP contribution in [0.3, 0.4) is 0 Å². The van der Waals surface area contributed by atoms with E-state index in [-0.39, 0.29) is 10.7 Å². The number of thiocarbonyl (C=S) groups is 1. The molecular formula is C19H16N2O4S. The van der Waals surface area contributed by atoms with E-state index in [0.29, 0.717) is 22.7 Å². The number of carbonyl (C=O) groups is 2. The van der Waals surface area contributed by atoms with Crippen LogP contribution in [0.2, 0.25) is 0 Å². The van der Waals surface area contributed by atoms with Crippen molar-refractivity contribution in [3.63, 3.8) is 0 Å². The molecule has 0 aromatic heterocycles. The number of methoxy groups -OCH3 is 2. The van der Waals surface area contributed by atoms with Crippen molar-refractivity contribution in [1.29, 1.82) is 0 Å². The van der Waals surface area contributed by atoms with E-state index in [1.807, 2.05) is 6.07 Å². The fraction of sp³-hybridized carbons (Fsp3) is 0.105. The predicted octanol–water partition coefficient (Wildman–Crippen LogP) is 2.54. The van der Waals surface area contributed by atoms with Gasteiger partial charge in [0.05, 0.1) is 19.9 Å². The average molecular weight is 368 g/mol. The second-order valence-electron chi connectivity index (χ2n) is 5.41. The molecule has 7 heteroatoms. The van der Waals surface area contributed by atoms with Crippen LogP contribution in [0.15, 0.2) is 54.1 Å². The number of para-hydroxylation sites is 1. The SMILES string of the molecule is COc1ccc(/C=C2\C(=O)NC(=S)N(c3ccccc3)C2=O)cc1OC. The molecule has 6 nitrogen and oxygen atoms in total. The summed E-state index contributed by atoms with van der Waals surface area (Å²) in [5.41, 5.74) is 1.19. The van der Waals surface area contributed by atoms with Crippen molar-refractivity contribution in [2.75, 3.05) is 19.1 Å². The minimum Gasteiger partial charge on any atom is -0.493 e. The highest BCUT2D eigenvalue weighted by Crippen LogP contribution is 2.29. The number of ether oxygens (including phenoxy) is 2. The summed E-state index contributed by atoms with van der Waals surface area (Å²) in [6, 6.07) is 14.0. The normalized spacial score (nSPS) is 15.8. The minimum atomic E-state index is -0.540. The van der Waals surface area contributed by atoms with E-state index in [0.717, 1.165) is 0 Å². The summed E-state index contributed by atoms with van der Waals surface area (Å²) < 4.78 is 10.5. The van der Waals surface area contributed by atoms with Gasteiger partial charge >= 0.3 is 0 Å². The summed E-state index contributed by atoms with van der Waals surface area (Å²) in [5, 5.41) is 2.60. The highest BCUT2D eigenvalue weighted by atomic mass is 32.1. The minimum absolute atomic E-state index is 0.0188. The van der Waals surface area contributed by atoms with Gasteiger partial charge in [0.2, 0.25) is 0 Å². The molecular weight excluding hydrogens is 352 g/mol. The van der Waals surface area contributed by atoms with Crippen molar-refractivity contribution in [1.82, 2.24) is 5.32 Å². The summed E-state index contributed by atoms with van der Waals surface area (Å²) in [4.78, 5) is 26.5. The molecule has 0 aliphatic carbocycles. The van der Waals surface area contributed by atoms with Crippen LogP contribution in [0.5, 0.6) is 11.5 Å².